The van der Waals surface area contributed by atoms with Gasteiger partial charge in [0.05, 0.1) is 22.1 Å². The van der Waals surface area contributed by atoms with E-state index in [1.807, 2.05) is 6.07 Å². The molecule has 23 heavy (non-hydrogen) atoms. The number of carbonyl (C=O) groups excluding carboxylic acids is 1. The monoisotopic (exact) mass is 334 g/mol. The zero-order valence-corrected chi connectivity index (χ0v) is 12.5. The summed E-state index contributed by atoms with van der Waals surface area (Å²) >= 11 is 0. The van der Waals surface area contributed by atoms with Crippen molar-refractivity contribution in [2.45, 2.75) is 11.5 Å². The van der Waals surface area contributed by atoms with Crippen molar-refractivity contribution in [1.29, 1.82) is 5.26 Å². The lowest BCUT2D eigenvalue weighted by Gasteiger charge is -2.07. The summed E-state index contributed by atoms with van der Waals surface area (Å²) in [5.41, 5.74) is 0.398. The number of hydrogen-bond donors (Lipinski definition) is 1. The van der Waals surface area contributed by atoms with Gasteiger partial charge in [0.1, 0.15) is 12.4 Å². The zero-order valence-electron chi connectivity index (χ0n) is 11.7. The fourth-order valence-electron chi connectivity index (χ4n) is 1.80. The van der Waals surface area contributed by atoms with Crippen molar-refractivity contribution in [2.75, 3.05) is 0 Å². The van der Waals surface area contributed by atoms with Gasteiger partial charge in [-0.15, -0.1) is 0 Å². The van der Waals surface area contributed by atoms with Crippen LogP contribution < -0.4 is 5.14 Å². The third-order valence-corrected chi connectivity index (χ3v) is 3.82. The van der Waals surface area contributed by atoms with E-state index in [0.717, 1.165) is 18.2 Å². The molecule has 0 atom stereocenters. The fraction of sp³-hybridized carbons (Fsp3) is 0.0667. The first-order valence-electron chi connectivity index (χ1n) is 6.30. The molecule has 0 spiro atoms. The largest absolute Gasteiger partial charge is 0.457 e. The number of esters is 1. The third-order valence-electron chi connectivity index (χ3n) is 2.91. The average molecular weight is 334 g/mol. The van der Waals surface area contributed by atoms with Crippen LogP contribution in [0.25, 0.3) is 0 Å². The van der Waals surface area contributed by atoms with Gasteiger partial charge in [-0.3, -0.25) is 0 Å². The highest BCUT2D eigenvalue weighted by atomic mass is 32.2. The number of carbonyl (C=O) groups is 1. The summed E-state index contributed by atoms with van der Waals surface area (Å²) in [5, 5.41) is 13.7. The molecule has 0 radical (unpaired) electrons. The Kier molecular flexibility index (Phi) is 4.74. The molecule has 0 aliphatic carbocycles. The Morgan fingerprint density at radius 1 is 1.26 bits per heavy atom. The number of primary sulfonamides is 1. The SMILES string of the molecule is N#Cc1cccc(COC(=O)c2cc(S(N)(=O)=O)ccc2F)c1. The summed E-state index contributed by atoms with van der Waals surface area (Å²) in [6.45, 7) is -0.187. The smallest absolute Gasteiger partial charge is 0.341 e. The van der Waals surface area contributed by atoms with Gasteiger partial charge in [-0.25, -0.2) is 22.7 Å². The van der Waals surface area contributed by atoms with Gasteiger partial charge in [0.25, 0.3) is 0 Å². The van der Waals surface area contributed by atoms with Gasteiger partial charge < -0.3 is 4.74 Å². The fourth-order valence-corrected chi connectivity index (χ4v) is 2.33. The molecule has 0 saturated heterocycles. The van der Waals surface area contributed by atoms with Crippen LogP contribution in [0.2, 0.25) is 0 Å². The second-order valence-corrected chi connectivity index (χ2v) is 6.14. The molecule has 0 bridgehead atoms. The molecule has 2 aromatic carbocycles. The molecule has 2 N–H and O–H groups in total. The molecule has 0 unspecified atom stereocenters. The Hall–Kier alpha value is -2.76. The molecular weight excluding hydrogens is 323 g/mol. The minimum Gasteiger partial charge on any atom is -0.457 e. The van der Waals surface area contributed by atoms with Crippen molar-refractivity contribution < 1.29 is 22.3 Å². The number of rotatable bonds is 4. The lowest BCUT2D eigenvalue weighted by molar-refractivity contribution is 0.0467. The summed E-state index contributed by atoms with van der Waals surface area (Å²) in [6.07, 6.45) is 0. The first-order valence-corrected chi connectivity index (χ1v) is 7.84. The van der Waals surface area contributed by atoms with Gasteiger partial charge in [0.15, 0.2) is 0 Å². The Bertz CT molecular complexity index is 904. The number of halogens is 1. The van der Waals surface area contributed by atoms with Gasteiger partial charge in [-0.05, 0) is 35.9 Å². The lowest BCUT2D eigenvalue weighted by atomic mass is 10.1. The minimum atomic E-state index is -4.06. The normalized spacial score (nSPS) is 10.8. The Balaban J connectivity index is 2.19. The number of benzene rings is 2. The highest BCUT2D eigenvalue weighted by Crippen LogP contribution is 2.16. The van der Waals surface area contributed by atoms with Gasteiger partial charge in [-0.2, -0.15) is 5.26 Å². The molecule has 2 aromatic rings. The van der Waals surface area contributed by atoms with Crippen LogP contribution in [0.5, 0.6) is 0 Å². The van der Waals surface area contributed by atoms with Crippen molar-refractivity contribution in [2.24, 2.45) is 5.14 Å². The average Bonchev–Trinajstić information content (AvgIpc) is 2.52. The van der Waals surface area contributed by atoms with Crippen LogP contribution in [0.3, 0.4) is 0 Å². The molecule has 0 amide bonds. The molecule has 8 heteroatoms. The molecule has 0 heterocycles. The van der Waals surface area contributed by atoms with Crippen LogP contribution in [0.1, 0.15) is 21.5 Å². The lowest BCUT2D eigenvalue weighted by Crippen LogP contribution is -2.14. The maximum absolute atomic E-state index is 13.7. The highest BCUT2D eigenvalue weighted by molar-refractivity contribution is 7.89. The molecule has 6 nitrogen and oxygen atoms in total. The quantitative estimate of drug-likeness (QED) is 0.856. The number of sulfonamides is 1. The van der Waals surface area contributed by atoms with E-state index < -0.39 is 32.3 Å². The predicted octanol–water partition coefficient (Wildman–Crippen LogP) is 1.70. The molecule has 0 aliphatic heterocycles. The summed E-state index contributed by atoms with van der Waals surface area (Å²) in [7, 11) is -4.06. The van der Waals surface area contributed by atoms with E-state index >= 15 is 0 Å². The maximum Gasteiger partial charge on any atom is 0.341 e. The summed E-state index contributed by atoms with van der Waals surface area (Å²) in [5.74, 6) is -1.96. The Morgan fingerprint density at radius 3 is 2.65 bits per heavy atom. The van der Waals surface area contributed by atoms with Crippen LogP contribution in [0.4, 0.5) is 4.39 Å². The molecule has 0 aromatic heterocycles. The Morgan fingerprint density at radius 2 is 2.00 bits per heavy atom. The van der Waals surface area contributed by atoms with Crippen LogP contribution in [0.15, 0.2) is 47.4 Å². The van der Waals surface area contributed by atoms with Crippen molar-refractivity contribution in [3.8, 4) is 6.07 Å². The van der Waals surface area contributed by atoms with Gasteiger partial charge in [0.2, 0.25) is 10.0 Å². The standard InChI is InChI=1S/C15H11FN2O4S/c16-14-5-4-12(23(18,20)21)7-13(14)15(19)22-9-11-3-1-2-10(6-11)8-17/h1-7H,9H2,(H2,18,20,21). The number of hydrogen-bond acceptors (Lipinski definition) is 5. The highest BCUT2D eigenvalue weighted by Gasteiger charge is 2.18. The van der Waals surface area contributed by atoms with Crippen LogP contribution in [-0.4, -0.2) is 14.4 Å². The van der Waals surface area contributed by atoms with Crippen LogP contribution in [-0.2, 0) is 21.4 Å². The van der Waals surface area contributed by atoms with E-state index in [1.54, 1.807) is 18.2 Å². The number of nitrogens with zero attached hydrogens (tertiary/aromatic N) is 1. The molecule has 0 aliphatic rings. The number of nitriles is 1. The van der Waals surface area contributed by atoms with Crippen LogP contribution in [0, 0.1) is 17.1 Å². The molecule has 0 saturated carbocycles. The van der Waals surface area contributed by atoms with E-state index in [4.69, 9.17) is 15.1 Å². The second kappa shape index (κ2) is 6.56. The van der Waals surface area contributed by atoms with Crippen molar-refractivity contribution in [3.63, 3.8) is 0 Å². The van der Waals surface area contributed by atoms with E-state index in [0.29, 0.717) is 11.1 Å². The van der Waals surface area contributed by atoms with Gasteiger partial charge in [-0.1, -0.05) is 12.1 Å². The summed E-state index contributed by atoms with van der Waals surface area (Å²) < 4.78 is 41.1. The molecule has 0 fully saturated rings. The van der Waals surface area contributed by atoms with Crippen LogP contribution >= 0.6 is 0 Å². The van der Waals surface area contributed by atoms with Gasteiger partial charge in [0, 0.05) is 0 Å². The Labute approximate surface area is 132 Å². The first-order chi connectivity index (χ1) is 10.8. The zero-order chi connectivity index (χ0) is 17.0. The van der Waals surface area contributed by atoms with Crippen molar-refractivity contribution in [3.05, 3.63) is 65.0 Å². The van der Waals surface area contributed by atoms with Crippen molar-refractivity contribution in [1.82, 2.24) is 0 Å². The van der Waals surface area contributed by atoms with Gasteiger partial charge >= 0.3 is 5.97 Å². The van der Waals surface area contributed by atoms with E-state index in [1.165, 1.54) is 6.07 Å². The topological polar surface area (TPSA) is 110 Å². The summed E-state index contributed by atoms with van der Waals surface area (Å²) in [4.78, 5) is 11.5. The van der Waals surface area contributed by atoms with E-state index in [-0.39, 0.29) is 6.61 Å². The molecular formula is C15H11FN2O4S. The number of ether oxygens (including phenoxy) is 1. The third kappa shape index (κ3) is 4.12. The number of nitrogens with two attached hydrogens (primary N) is 1. The minimum absolute atomic E-state index is 0.187. The van der Waals surface area contributed by atoms with E-state index in [9.17, 15) is 17.6 Å². The maximum atomic E-state index is 13.7. The molecule has 118 valence electrons. The predicted molar refractivity (Wildman–Crippen MR) is 78.0 cm³/mol. The van der Waals surface area contributed by atoms with Crippen molar-refractivity contribution >= 4 is 16.0 Å². The van der Waals surface area contributed by atoms with E-state index in [2.05, 4.69) is 0 Å². The first kappa shape index (κ1) is 16.6. The summed E-state index contributed by atoms with van der Waals surface area (Å²) in [6, 6.07) is 10.9. The molecule has 2 rings (SSSR count). The second-order valence-electron chi connectivity index (χ2n) is 4.57.